The highest BCUT2D eigenvalue weighted by Crippen LogP contribution is 2.48. The molecule has 4 rings (SSSR count). The number of nitrogens with zero attached hydrogens (tertiary/aromatic N) is 4. The fourth-order valence-electron chi connectivity index (χ4n) is 3.84. The number of hydrogen-bond acceptors (Lipinski definition) is 6. The van der Waals surface area contributed by atoms with Gasteiger partial charge in [0.2, 0.25) is 17.7 Å². The average Bonchev–Trinajstić information content (AvgIpc) is 3.17. The summed E-state index contributed by atoms with van der Waals surface area (Å²) in [6.45, 7) is 1.95. The fourth-order valence-corrected chi connectivity index (χ4v) is 3.97. The summed E-state index contributed by atoms with van der Waals surface area (Å²) in [5.41, 5.74) is 1.76. The Morgan fingerprint density at radius 3 is 2.70 bits per heavy atom. The third-order valence-electron chi connectivity index (χ3n) is 5.59. The molecular formula is C22H24ClN5O2. The quantitative estimate of drug-likeness (QED) is 0.591. The second-order valence-electron chi connectivity index (χ2n) is 7.81. The van der Waals surface area contributed by atoms with Crippen LogP contribution in [0.2, 0.25) is 5.02 Å². The number of carbonyl (C=O) groups is 1. The standard InChI is InChI=1S/C22H24ClN5O2/c1-15(13-18-14-24-11-12-25-18)26-19(29)7-8-20-27-28-21(30-20)22(9-2-10-22)16-3-5-17(23)6-4-16/h3-6,11-12,14-15H,2,7-10,13H2,1H3,(H,26,29)/t15-/m0/s1. The molecule has 2 aromatic heterocycles. The van der Waals surface area contributed by atoms with Crippen LogP contribution < -0.4 is 5.32 Å². The van der Waals surface area contributed by atoms with Crippen LogP contribution in [0.4, 0.5) is 0 Å². The van der Waals surface area contributed by atoms with Gasteiger partial charge in [-0.2, -0.15) is 0 Å². The van der Waals surface area contributed by atoms with E-state index in [0.29, 0.717) is 36.1 Å². The molecule has 0 spiro atoms. The summed E-state index contributed by atoms with van der Waals surface area (Å²) >= 11 is 6.03. The van der Waals surface area contributed by atoms with Gasteiger partial charge in [0.15, 0.2) is 0 Å². The van der Waals surface area contributed by atoms with E-state index >= 15 is 0 Å². The lowest BCUT2D eigenvalue weighted by Crippen LogP contribution is -2.35. The van der Waals surface area contributed by atoms with E-state index in [-0.39, 0.29) is 17.4 Å². The summed E-state index contributed by atoms with van der Waals surface area (Å²) in [6.07, 6.45) is 9.38. The molecule has 8 heteroatoms. The van der Waals surface area contributed by atoms with Crippen LogP contribution in [0.25, 0.3) is 0 Å². The van der Waals surface area contributed by atoms with Crippen molar-refractivity contribution in [3.05, 3.63) is 70.9 Å². The van der Waals surface area contributed by atoms with Gasteiger partial charge in [-0.1, -0.05) is 30.2 Å². The van der Waals surface area contributed by atoms with Gasteiger partial charge in [-0.25, -0.2) is 0 Å². The molecule has 30 heavy (non-hydrogen) atoms. The van der Waals surface area contributed by atoms with Gasteiger partial charge in [0, 0.05) is 48.9 Å². The third kappa shape index (κ3) is 4.51. The molecule has 0 unspecified atom stereocenters. The normalized spacial score (nSPS) is 15.9. The summed E-state index contributed by atoms with van der Waals surface area (Å²) < 4.78 is 5.97. The topological polar surface area (TPSA) is 93.8 Å². The molecule has 0 bridgehead atoms. The largest absolute Gasteiger partial charge is 0.424 e. The molecule has 0 radical (unpaired) electrons. The van der Waals surface area contributed by atoms with E-state index in [4.69, 9.17) is 16.0 Å². The minimum Gasteiger partial charge on any atom is -0.424 e. The molecule has 1 fully saturated rings. The highest BCUT2D eigenvalue weighted by atomic mass is 35.5. The van der Waals surface area contributed by atoms with Crippen LogP contribution in [-0.4, -0.2) is 32.1 Å². The molecule has 2 heterocycles. The van der Waals surface area contributed by atoms with E-state index < -0.39 is 0 Å². The van der Waals surface area contributed by atoms with E-state index in [2.05, 4.69) is 25.5 Å². The minimum absolute atomic E-state index is 0.0319. The van der Waals surface area contributed by atoms with Crippen LogP contribution in [0, 0.1) is 0 Å². The Hall–Kier alpha value is -2.80. The van der Waals surface area contributed by atoms with Gasteiger partial charge in [-0.3, -0.25) is 14.8 Å². The number of rotatable bonds is 8. The van der Waals surface area contributed by atoms with Crippen molar-refractivity contribution in [1.29, 1.82) is 0 Å². The fraction of sp³-hybridized carbons (Fsp3) is 0.409. The molecule has 7 nitrogen and oxygen atoms in total. The Labute approximate surface area is 180 Å². The van der Waals surface area contributed by atoms with Gasteiger partial charge in [0.25, 0.3) is 0 Å². The monoisotopic (exact) mass is 425 g/mol. The molecule has 1 saturated carbocycles. The molecule has 1 atom stereocenters. The van der Waals surface area contributed by atoms with Crippen LogP contribution >= 0.6 is 11.6 Å². The molecule has 1 N–H and O–H groups in total. The van der Waals surface area contributed by atoms with Gasteiger partial charge in [0.1, 0.15) is 0 Å². The number of amides is 1. The van der Waals surface area contributed by atoms with Crippen LogP contribution in [0.1, 0.15) is 55.6 Å². The Balaban J connectivity index is 1.33. The van der Waals surface area contributed by atoms with E-state index in [9.17, 15) is 4.79 Å². The van der Waals surface area contributed by atoms with Gasteiger partial charge in [-0.05, 0) is 37.5 Å². The summed E-state index contributed by atoms with van der Waals surface area (Å²) in [7, 11) is 0. The van der Waals surface area contributed by atoms with Crippen LogP contribution in [-0.2, 0) is 23.1 Å². The zero-order chi connectivity index (χ0) is 21.0. The van der Waals surface area contributed by atoms with E-state index in [1.165, 1.54) is 0 Å². The highest BCUT2D eigenvalue weighted by Gasteiger charge is 2.45. The SMILES string of the molecule is C[C@@H](Cc1cnccn1)NC(=O)CCc1nnc(C2(c3ccc(Cl)cc3)CCC2)o1. The number of aryl methyl sites for hydroxylation is 1. The first-order valence-electron chi connectivity index (χ1n) is 10.2. The summed E-state index contributed by atoms with van der Waals surface area (Å²) in [6, 6.07) is 7.80. The summed E-state index contributed by atoms with van der Waals surface area (Å²) in [5.74, 6) is 1.06. The van der Waals surface area contributed by atoms with Crippen molar-refractivity contribution in [2.24, 2.45) is 0 Å². The lowest BCUT2D eigenvalue weighted by molar-refractivity contribution is -0.121. The smallest absolute Gasteiger partial charge is 0.227 e. The van der Waals surface area contributed by atoms with E-state index in [0.717, 1.165) is 30.5 Å². The Bertz CT molecular complexity index is 986. The van der Waals surface area contributed by atoms with Crippen molar-refractivity contribution >= 4 is 17.5 Å². The van der Waals surface area contributed by atoms with Crippen LogP contribution in [0.15, 0.2) is 47.3 Å². The van der Waals surface area contributed by atoms with Crippen molar-refractivity contribution in [3.63, 3.8) is 0 Å². The summed E-state index contributed by atoms with van der Waals surface area (Å²) in [5, 5.41) is 12.2. The van der Waals surface area contributed by atoms with Crippen molar-refractivity contribution in [1.82, 2.24) is 25.5 Å². The maximum atomic E-state index is 12.3. The molecule has 1 aliphatic rings. The zero-order valence-corrected chi connectivity index (χ0v) is 17.6. The second kappa shape index (κ2) is 8.92. The molecule has 0 saturated heterocycles. The van der Waals surface area contributed by atoms with Gasteiger partial charge in [-0.15, -0.1) is 10.2 Å². The number of aromatic nitrogens is 4. The van der Waals surface area contributed by atoms with Gasteiger partial charge in [0.05, 0.1) is 11.1 Å². The molecule has 3 aromatic rings. The average molecular weight is 426 g/mol. The number of nitrogens with one attached hydrogen (secondary N) is 1. The van der Waals surface area contributed by atoms with Crippen LogP contribution in [0.5, 0.6) is 0 Å². The van der Waals surface area contributed by atoms with Crippen LogP contribution in [0.3, 0.4) is 0 Å². The predicted molar refractivity (Wildman–Crippen MR) is 112 cm³/mol. The number of halogens is 1. The first-order valence-corrected chi connectivity index (χ1v) is 10.6. The number of hydrogen-bond donors (Lipinski definition) is 1. The maximum Gasteiger partial charge on any atom is 0.227 e. The number of benzene rings is 1. The molecule has 1 aromatic carbocycles. The molecule has 156 valence electrons. The van der Waals surface area contributed by atoms with Crippen molar-refractivity contribution in [2.75, 3.05) is 0 Å². The Morgan fingerprint density at radius 2 is 2.03 bits per heavy atom. The lowest BCUT2D eigenvalue weighted by atomic mass is 9.64. The van der Waals surface area contributed by atoms with Gasteiger partial charge < -0.3 is 9.73 Å². The third-order valence-corrected chi connectivity index (χ3v) is 5.84. The molecular weight excluding hydrogens is 402 g/mol. The highest BCUT2D eigenvalue weighted by molar-refractivity contribution is 6.30. The minimum atomic E-state index is -0.233. The molecule has 1 amide bonds. The predicted octanol–water partition coefficient (Wildman–Crippen LogP) is 3.66. The van der Waals surface area contributed by atoms with Gasteiger partial charge >= 0.3 is 0 Å². The van der Waals surface area contributed by atoms with Crippen molar-refractivity contribution in [3.8, 4) is 0 Å². The van der Waals surface area contributed by atoms with Crippen molar-refractivity contribution in [2.45, 2.75) is 56.9 Å². The second-order valence-corrected chi connectivity index (χ2v) is 8.25. The first-order chi connectivity index (χ1) is 14.5. The maximum absolute atomic E-state index is 12.3. The molecule has 1 aliphatic carbocycles. The lowest BCUT2D eigenvalue weighted by Gasteiger charge is -2.39. The summed E-state index contributed by atoms with van der Waals surface area (Å²) in [4.78, 5) is 20.6. The number of carbonyl (C=O) groups excluding carboxylic acids is 1. The Morgan fingerprint density at radius 1 is 1.23 bits per heavy atom. The van der Waals surface area contributed by atoms with E-state index in [1.54, 1.807) is 18.6 Å². The van der Waals surface area contributed by atoms with E-state index in [1.807, 2.05) is 31.2 Å². The molecule has 0 aliphatic heterocycles. The first kappa shape index (κ1) is 20.5. The Kier molecular flexibility index (Phi) is 6.08. The zero-order valence-electron chi connectivity index (χ0n) is 16.8. The van der Waals surface area contributed by atoms with Crippen molar-refractivity contribution < 1.29 is 9.21 Å².